The third-order valence-electron chi connectivity index (χ3n) is 5.51. The highest BCUT2D eigenvalue weighted by Crippen LogP contribution is 2.39. The Balaban J connectivity index is 1.47. The topological polar surface area (TPSA) is 84.7 Å². The molecule has 3 heterocycles. The lowest BCUT2D eigenvalue weighted by atomic mass is 9.88. The molecule has 2 aromatic carbocycles. The second-order valence-electron chi connectivity index (χ2n) is 7.76. The summed E-state index contributed by atoms with van der Waals surface area (Å²) in [6.45, 7) is 4.12. The predicted molar refractivity (Wildman–Crippen MR) is 130 cm³/mol. The van der Waals surface area contributed by atoms with Crippen LogP contribution in [0.4, 0.5) is 16.0 Å². The molecule has 0 spiro atoms. The lowest BCUT2D eigenvalue weighted by Gasteiger charge is -2.33. The summed E-state index contributed by atoms with van der Waals surface area (Å²) in [6.07, 6.45) is 3.23. The van der Waals surface area contributed by atoms with Gasteiger partial charge in [0.2, 0.25) is 17.0 Å². The molecule has 2 unspecified atom stereocenters. The van der Waals surface area contributed by atoms with Crippen molar-refractivity contribution in [3.63, 3.8) is 0 Å². The summed E-state index contributed by atoms with van der Waals surface area (Å²) in [5, 5.41) is 11.2. The number of benzene rings is 2. The Morgan fingerprint density at radius 2 is 1.91 bits per heavy atom. The van der Waals surface area contributed by atoms with Gasteiger partial charge in [0.25, 0.3) is 0 Å². The van der Waals surface area contributed by atoms with E-state index in [2.05, 4.69) is 32.3 Å². The molecule has 2 aromatic heterocycles. The van der Waals surface area contributed by atoms with E-state index in [0.29, 0.717) is 33.8 Å². The number of pyridine rings is 1. The first-order chi connectivity index (χ1) is 16.6. The monoisotopic (exact) mass is 472 g/mol. The highest BCUT2D eigenvalue weighted by Gasteiger charge is 2.40. The van der Waals surface area contributed by atoms with Crippen molar-refractivity contribution in [1.82, 2.24) is 19.7 Å². The molecule has 1 amide bonds. The quantitative estimate of drug-likeness (QED) is 0.389. The molecule has 0 bridgehead atoms. The minimum Gasteiger partial charge on any atom is -0.328 e. The van der Waals surface area contributed by atoms with Gasteiger partial charge < -0.3 is 10.6 Å². The van der Waals surface area contributed by atoms with Gasteiger partial charge in [-0.05, 0) is 29.3 Å². The molecule has 2 atom stereocenters. The largest absolute Gasteiger partial charge is 0.328 e. The number of carbonyl (C=O) groups is 1. The number of aromatic nitrogens is 4. The minimum atomic E-state index is -0.652. The summed E-state index contributed by atoms with van der Waals surface area (Å²) < 4.78 is 15.8. The molecule has 0 radical (unpaired) electrons. The van der Waals surface area contributed by atoms with E-state index in [4.69, 9.17) is 0 Å². The van der Waals surface area contributed by atoms with Gasteiger partial charge in [0.05, 0.1) is 17.9 Å². The van der Waals surface area contributed by atoms with Crippen LogP contribution in [-0.2, 0) is 10.5 Å². The van der Waals surface area contributed by atoms with Gasteiger partial charge in [-0.2, -0.15) is 4.98 Å². The Labute approximate surface area is 200 Å². The van der Waals surface area contributed by atoms with Crippen LogP contribution in [0.2, 0.25) is 0 Å². The number of hydrogen-bond donors (Lipinski definition) is 2. The molecule has 2 N–H and O–H groups in total. The van der Waals surface area contributed by atoms with Crippen molar-refractivity contribution in [2.24, 2.45) is 5.92 Å². The average Bonchev–Trinajstić information content (AvgIpc) is 3.26. The van der Waals surface area contributed by atoms with Crippen LogP contribution in [0.5, 0.6) is 0 Å². The van der Waals surface area contributed by atoms with Crippen molar-refractivity contribution in [3.05, 3.63) is 108 Å². The highest BCUT2D eigenvalue weighted by atomic mass is 32.2. The molecule has 0 saturated heterocycles. The molecule has 1 aliphatic heterocycles. The fraction of sp³-hybridized carbons (Fsp3) is 0.120. The van der Waals surface area contributed by atoms with E-state index in [1.165, 1.54) is 17.8 Å². The standard InChI is InChI=1S/C25H21FN6OS/c1-16-21(23(33)29-19-11-7-13-27-14-19)22(17-8-3-2-4-9-17)32-24(28-16)30-25(31-32)34-15-18-10-5-6-12-20(18)26/h2-14,21-22H,1,15H2,(H,29,33)(H,28,30,31). The summed E-state index contributed by atoms with van der Waals surface area (Å²) in [5.41, 5.74) is 2.58. The Morgan fingerprint density at radius 3 is 2.68 bits per heavy atom. The van der Waals surface area contributed by atoms with Crippen LogP contribution < -0.4 is 10.6 Å². The summed E-state index contributed by atoms with van der Waals surface area (Å²) >= 11 is 1.33. The Hall–Kier alpha value is -3.98. The van der Waals surface area contributed by atoms with Gasteiger partial charge in [-0.15, -0.1) is 5.10 Å². The van der Waals surface area contributed by atoms with E-state index >= 15 is 0 Å². The van der Waals surface area contributed by atoms with Gasteiger partial charge in [0.15, 0.2) is 0 Å². The Kier molecular flexibility index (Phi) is 6.09. The molecule has 7 nitrogen and oxygen atoms in total. The van der Waals surface area contributed by atoms with Gasteiger partial charge in [-0.1, -0.05) is 66.9 Å². The lowest BCUT2D eigenvalue weighted by Crippen LogP contribution is -2.39. The van der Waals surface area contributed by atoms with E-state index in [9.17, 15) is 9.18 Å². The normalized spacial score (nSPS) is 17.0. The van der Waals surface area contributed by atoms with Crippen LogP contribution in [0.25, 0.3) is 0 Å². The first kappa shape index (κ1) is 21.8. The molecule has 5 rings (SSSR count). The lowest BCUT2D eigenvalue weighted by molar-refractivity contribution is -0.119. The molecule has 34 heavy (non-hydrogen) atoms. The van der Waals surface area contributed by atoms with E-state index < -0.39 is 12.0 Å². The van der Waals surface area contributed by atoms with Gasteiger partial charge in [-0.25, -0.2) is 9.07 Å². The molecule has 4 aromatic rings. The Bertz CT molecular complexity index is 1330. The number of amides is 1. The molecule has 0 fully saturated rings. The third-order valence-corrected chi connectivity index (χ3v) is 6.39. The molecular weight excluding hydrogens is 451 g/mol. The first-order valence-corrected chi connectivity index (χ1v) is 11.6. The second kappa shape index (κ2) is 9.48. The molecule has 0 aliphatic carbocycles. The van der Waals surface area contributed by atoms with Crippen LogP contribution in [0.1, 0.15) is 17.2 Å². The number of hydrogen-bond acceptors (Lipinski definition) is 6. The van der Waals surface area contributed by atoms with E-state index in [1.54, 1.807) is 47.4 Å². The number of fused-ring (bicyclic) bond motifs is 1. The number of anilines is 2. The number of thioether (sulfide) groups is 1. The van der Waals surface area contributed by atoms with Gasteiger partial charge in [-0.3, -0.25) is 9.78 Å². The van der Waals surface area contributed by atoms with E-state index in [-0.39, 0.29) is 11.7 Å². The summed E-state index contributed by atoms with van der Waals surface area (Å²) in [7, 11) is 0. The van der Waals surface area contributed by atoms with Crippen LogP contribution in [0, 0.1) is 11.7 Å². The summed E-state index contributed by atoms with van der Waals surface area (Å²) in [5.74, 6) is -0.278. The minimum absolute atomic E-state index is 0.235. The zero-order valence-corrected chi connectivity index (χ0v) is 18.9. The van der Waals surface area contributed by atoms with Crippen molar-refractivity contribution in [2.75, 3.05) is 10.6 Å². The molecule has 0 saturated carbocycles. The number of nitrogens with zero attached hydrogens (tertiary/aromatic N) is 4. The van der Waals surface area contributed by atoms with Crippen LogP contribution in [0.3, 0.4) is 0 Å². The highest BCUT2D eigenvalue weighted by molar-refractivity contribution is 7.98. The molecular formula is C25H21FN6OS. The summed E-state index contributed by atoms with van der Waals surface area (Å²) in [4.78, 5) is 22.0. The van der Waals surface area contributed by atoms with Gasteiger partial charge in [0.1, 0.15) is 11.7 Å². The van der Waals surface area contributed by atoms with Crippen molar-refractivity contribution >= 4 is 29.3 Å². The van der Waals surface area contributed by atoms with Gasteiger partial charge >= 0.3 is 0 Å². The molecule has 170 valence electrons. The summed E-state index contributed by atoms with van der Waals surface area (Å²) in [6, 6.07) is 19.4. The zero-order chi connectivity index (χ0) is 23.5. The number of nitrogens with one attached hydrogen (secondary N) is 2. The van der Waals surface area contributed by atoms with E-state index in [1.807, 2.05) is 30.3 Å². The first-order valence-electron chi connectivity index (χ1n) is 10.6. The maximum atomic E-state index is 14.0. The molecule has 9 heteroatoms. The van der Waals surface area contributed by atoms with Crippen LogP contribution >= 0.6 is 11.8 Å². The van der Waals surface area contributed by atoms with Crippen LogP contribution in [0.15, 0.2) is 96.6 Å². The zero-order valence-electron chi connectivity index (χ0n) is 18.1. The number of halogens is 1. The smallest absolute Gasteiger partial charge is 0.236 e. The second-order valence-corrected chi connectivity index (χ2v) is 8.70. The van der Waals surface area contributed by atoms with Crippen molar-refractivity contribution in [3.8, 4) is 0 Å². The van der Waals surface area contributed by atoms with Crippen molar-refractivity contribution in [2.45, 2.75) is 17.0 Å². The number of carbonyl (C=O) groups excluding carboxylic acids is 1. The SMILES string of the molecule is C=C1Nc2nc(SCc3ccccc3F)nn2C(c2ccccc2)C1C(=O)Nc1cccnc1. The van der Waals surface area contributed by atoms with Crippen molar-refractivity contribution < 1.29 is 9.18 Å². The number of rotatable bonds is 6. The van der Waals surface area contributed by atoms with Gasteiger partial charge in [0, 0.05) is 17.6 Å². The Morgan fingerprint density at radius 1 is 1.12 bits per heavy atom. The fourth-order valence-electron chi connectivity index (χ4n) is 3.90. The maximum Gasteiger partial charge on any atom is 0.236 e. The van der Waals surface area contributed by atoms with Crippen LogP contribution in [-0.4, -0.2) is 25.7 Å². The van der Waals surface area contributed by atoms with Crippen molar-refractivity contribution in [1.29, 1.82) is 0 Å². The molecule has 1 aliphatic rings. The fourth-order valence-corrected chi connectivity index (χ4v) is 4.71. The maximum absolute atomic E-state index is 14.0. The predicted octanol–water partition coefficient (Wildman–Crippen LogP) is 4.89. The third kappa shape index (κ3) is 4.42. The average molecular weight is 473 g/mol. The van der Waals surface area contributed by atoms with E-state index in [0.717, 1.165) is 5.56 Å².